The van der Waals surface area contributed by atoms with E-state index in [0.29, 0.717) is 19.5 Å². The number of pyridine rings is 1. The van der Waals surface area contributed by atoms with Crippen LogP contribution in [0.3, 0.4) is 0 Å². The summed E-state index contributed by atoms with van der Waals surface area (Å²) in [6.07, 6.45) is 3.33. The molecule has 1 amide bonds. The van der Waals surface area contributed by atoms with Crippen LogP contribution in [0.2, 0.25) is 0 Å². The predicted octanol–water partition coefficient (Wildman–Crippen LogP) is 1.30. The van der Waals surface area contributed by atoms with Crippen molar-refractivity contribution in [3.05, 3.63) is 41.9 Å². The lowest BCUT2D eigenvalue weighted by molar-refractivity contribution is 0.140. The molecule has 6 nitrogen and oxygen atoms in total. The van der Waals surface area contributed by atoms with Gasteiger partial charge in [-0.15, -0.1) is 0 Å². The number of carbonyl (C=O) groups is 1. The molecule has 0 atom stereocenters. The number of hydrogen-bond acceptors (Lipinski definition) is 3. The van der Waals surface area contributed by atoms with Crippen molar-refractivity contribution in [1.29, 1.82) is 0 Å². The largest absolute Gasteiger partial charge is 0.465 e. The maximum atomic E-state index is 10.9. The fourth-order valence-electron chi connectivity index (χ4n) is 2.08. The molecule has 92 valence electrons. The molecule has 1 aliphatic heterocycles. The number of rotatable bonds is 1. The maximum absolute atomic E-state index is 10.9. The second-order valence-corrected chi connectivity index (χ2v) is 4.19. The monoisotopic (exact) mass is 244 g/mol. The van der Waals surface area contributed by atoms with E-state index in [1.165, 1.54) is 4.90 Å². The second-order valence-electron chi connectivity index (χ2n) is 4.19. The van der Waals surface area contributed by atoms with Crippen LogP contribution in [-0.4, -0.2) is 37.4 Å². The van der Waals surface area contributed by atoms with Crippen LogP contribution in [0.4, 0.5) is 4.79 Å². The van der Waals surface area contributed by atoms with Crippen LogP contribution in [0.25, 0.3) is 5.82 Å². The van der Waals surface area contributed by atoms with Crippen molar-refractivity contribution in [1.82, 2.24) is 19.7 Å². The molecule has 0 bridgehead atoms. The van der Waals surface area contributed by atoms with Gasteiger partial charge in [0, 0.05) is 30.9 Å². The Hall–Kier alpha value is -2.37. The highest BCUT2D eigenvalue weighted by Crippen LogP contribution is 2.18. The molecule has 0 radical (unpaired) electrons. The molecule has 0 unspecified atom stereocenters. The Morgan fingerprint density at radius 3 is 3.00 bits per heavy atom. The minimum absolute atomic E-state index is 0.400. The summed E-state index contributed by atoms with van der Waals surface area (Å²) in [7, 11) is 0. The first-order chi connectivity index (χ1) is 8.74. The highest BCUT2D eigenvalue weighted by molar-refractivity contribution is 5.65. The molecule has 0 aromatic carbocycles. The Morgan fingerprint density at radius 2 is 2.28 bits per heavy atom. The maximum Gasteiger partial charge on any atom is 0.407 e. The minimum Gasteiger partial charge on any atom is -0.465 e. The lowest BCUT2D eigenvalue weighted by Gasteiger charge is -2.22. The van der Waals surface area contributed by atoms with E-state index in [1.807, 2.05) is 24.4 Å². The summed E-state index contributed by atoms with van der Waals surface area (Å²) in [5.41, 5.74) is 1.91. The van der Waals surface area contributed by atoms with Gasteiger partial charge in [-0.05, 0) is 12.1 Å². The van der Waals surface area contributed by atoms with Gasteiger partial charge < -0.3 is 10.0 Å². The van der Waals surface area contributed by atoms with Crippen molar-refractivity contribution in [3.8, 4) is 5.82 Å². The van der Waals surface area contributed by atoms with E-state index in [1.54, 1.807) is 10.9 Å². The standard InChI is InChI=1S/C12H12N4O2/c17-12(18)15-6-4-10-9(7-15)8-16(14-10)11-3-1-2-5-13-11/h1-3,5,8H,4,6-7H2,(H,17,18). The average Bonchev–Trinajstić information content (AvgIpc) is 2.82. The van der Waals surface area contributed by atoms with Gasteiger partial charge in [-0.25, -0.2) is 14.5 Å². The summed E-state index contributed by atoms with van der Waals surface area (Å²) in [6, 6.07) is 5.61. The third-order valence-electron chi connectivity index (χ3n) is 3.01. The van der Waals surface area contributed by atoms with Crippen LogP contribution in [0.1, 0.15) is 11.3 Å². The average molecular weight is 244 g/mol. The number of carboxylic acid groups (broad SMARTS) is 1. The molecule has 6 heteroatoms. The highest BCUT2D eigenvalue weighted by atomic mass is 16.4. The van der Waals surface area contributed by atoms with E-state index in [4.69, 9.17) is 5.11 Å². The second kappa shape index (κ2) is 4.14. The molecular weight excluding hydrogens is 232 g/mol. The SMILES string of the molecule is O=C(O)N1CCc2nn(-c3ccccn3)cc2C1. The van der Waals surface area contributed by atoms with Gasteiger partial charge in [0.25, 0.3) is 0 Å². The van der Waals surface area contributed by atoms with Crippen LogP contribution in [0.5, 0.6) is 0 Å². The van der Waals surface area contributed by atoms with Gasteiger partial charge in [0.05, 0.1) is 12.2 Å². The van der Waals surface area contributed by atoms with E-state index < -0.39 is 6.09 Å². The first-order valence-electron chi connectivity index (χ1n) is 5.71. The summed E-state index contributed by atoms with van der Waals surface area (Å²) >= 11 is 0. The van der Waals surface area contributed by atoms with E-state index in [0.717, 1.165) is 17.1 Å². The van der Waals surface area contributed by atoms with Gasteiger partial charge in [0.1, 0.15) is 0 Å². The summed E-state index contributed by atoms with van der Waals surface area (Å²) < 4.78 is 1.70. The Bertz CT molecular complexity index is 579. The minimum atomic E-state index is -0.883. The van der Waals surface area contributed by atoms with Gasteiger partial charge in [0.15, 0.2) is 5.82 Å². The number of aromatic nitrogens is 3. The van der Waals surface area contributed by atoms with Gasteiger partial charge in [-0.1, -0.05) is 6.07 Å². The zero-order valence-corrected chi connectivity index (χ0v) is 9.65. The first-order valence-corrected chi connectivity index (χ1v) is 5.71. The zero-order valence-electron chi connectivity index (χ0n) is 9.65. The molecule has 0 spiro atoms. The molecule has 0 saturated heterocycles. The van der Waals surface area contributed by atoms with Crippen LogP contribution in [-0.2, 0) is 13.0 Å². The van der Waals surface area contributed by atoms with Gasteiger partial charge in [-0.3, -0.25) is 0 Å². The summed E-state index contributed by atoms with van der Waals surface area (Å²) in [5, 5.41) is 13.4. The first kappa shape index (κ1) is 10.8. The van der Waals surface area contributed by atoms with Crippen molar-refractivity contribution < 1.29 is 9.90 Å². The van der Waals surface area contributed by atoms with E-state index in [2.05, 4.69) is 10.1 Å². The Kier molecular flexibility index (Phi) is 2.47. The topological polar surface area (TPSA) is 71.2 Å². The predicted molar refractivity (Wildman–Crippen MR) is 63.5 cm³/mol. The van der Waals surface area contributed by atoms with Crippen LogP contribution < -0.4 is 0 Å². The quantitative estimate of drug-likeness (QED) is 0.820. The number of hydrogen-bond donors (Lipinski definition) is 1. The van der Waals surface area contributed by atoms with Gasteiger partial charge >= 0.3 is 6.09 Å². The fraction of sp³-hybridized carbons (Fsp3) is 0.250. The molecule has 0 fully saturated rings. The number of amides is 1. The summed E-state index contributed by atoms with van der Waals surface area (Å²) in [6.45, 7) is 0.902. The molecule has 0 saturated carbocycles. The molecule has 2 aromatic rings. The molecule has 1 aliphatic rings. The van der Waals surface area contributed by atoms with E-state index in [9.17, 15) is 4.79 Å². The van der Waals surface area contributed by atoms with Gasteiger partial charge in [0.2, 0.25) is 0 Å². The molecule has 0 aliphatic carbocycles. The lowest BCUT2D eigenvalue weighted by atomic mass is 10.1. The number of fused-ring (bicyclic) bond motifs is 1. The molecule has 2 aromatic heterocycles. The van der Waals surface area contributed by atoms with Gasteiger partial charge in [-0.2, -0.15) is 5.10 Å². The van der Waals surface area contributed by atoms with Crippen molar-refractivity contribution in [2.45, 2.75) is 13.0 Å². The van der Waals surface area contributed by atoms with Crippen LogP contribution in [0.15, 0.2) is 30.6 Å². The van der Waals surface area contributed by atoms with E-state index in [-0.39, 0.29) is 0 Å². The molecule has 3 rings (SSSR count). The lowest BCUT2D eigenvalue weighted by Crippen LogP contribution is -2.34. The highest BCUT2D eigenvalue weighted by Gasteiger charge is 2.22. The van der Waals surface area contributed by atoms with Crippen LogP contribution in [0, 0.1) is 0 Å². The van der Waals surface area contributed by atoms with Crippen molar-refractivity contribution >= 4 is 6.09 Å². The molecule has 18 heavy (non-hydrogen) atoms. The van der Waals surface area contributed by atoms with Crippen molar-refractivity contribution in [2.75, 3.05) is 6.54 Å². The van der Waals surface area contributed by atoms with Crippen molar-refractivity contribution in [2.24, 2.45) is 0 Å². The molecule has 1 N–H and O–H groups in total. The normalized spacial score (nSPS) is 14.3. The van der Waals surface area contributed by atoms with Crippen LogP contribution >= 0.6 is 0 Å². The Labute approximate surface area is 103 Å². The molecular formula is C12H12N4O2. The molecule has 3 heterocycles. The summed E-state index contributed by atoms with van der Waals surface area (Å²) in [5.74, 6) is 0.744. The number of nitrogens with zero attached hydrogens (tertiary/aromatic N) is 4. The third kappa shape index (κ3) is 1.81. The van der Waals surface area contributed by atoms with E-state index >= 15 is 0 Å². The Morgan fingerprint density at radius 1 is 1.39 bits per heavy atom. The fourth-order valence-corrected chi connectivity index (χ4v) is 2.08. The van der Waals surface area contributed by atoms with Crippen molar-refractivity contribution in [3.63, 3.8) is 0 Å². The smallest absolute Gasteiger partial charge is 0.407 e. The Balaban J connectivity index is 1.92. The third-order valence-corrected chi connectivity index (χ3v) is 3.01. The zero-order chi connectivity index (χ0) is 12.5. The summed E-state index contributed by atoms with van der Waals surface area (Å²) in [4.78, 5) is 16.5.